The van der Waals surface area contributed by atoms with Crippen LogP contribution in [0, 0.1) is 6.92 Å². The fraction of sp³-hybridized carbons (Fsp3) is 0.235. The second-order valence-electron chi connectivity index (χ2n) is 5.07. The number of primary amides is 1. The van der Waals surface area contributed by atoms with Gasteiger partial charge in [-0.15, -0.1) is 11.8 Å². The molecule has 0 aromatic heterocycles. The number of carbonyl (C=O) groups is 1. The maximum atomic E-state index is 11.9. The predicted molar refractivity (Wildman–Crippen MR) is 86.0 cm³/mol. The molecule has 21 heavy (non-hydrogen) atoms. The normalized spacial score (nSPS) is 15.2. The molecular weight excluding hydrogens is 282 g/mol. The molecule has 2 rings (SSSR count). The van der Waals surface area contributed by atoms with E-state index in [9.17, 15) is 9.90 Å². The Bertz CT molecular complexity index is 612. The first-order chi connectivity index (χ1) is 9.94. The predicted octanol–water partition coefficient (Wildman–Crippen LogP) is 2.85. The van der Waals surface area contributed by atoms with Gasteiger partial charge in [0.25, 0.3) is 5.91 Å². The molecule has 0 bridgehead atoms. The number of aryl methyl sites for hydroxylation is 1. The van der Waals surface area contributed by atoms with Crippen LogP contribution in [0.2, 0.25) is 0 Å². The van der Waals surface area contributed by atoms with Gasteiger partial charge in [-0.3, -0.25) is 4.79 Å². The minimum atomic E-state index is -1.70. The van der Waals surface area contributed by atoms with Gasteiger partial charge >= 0.3 is 0 Å². The minimum Gasteiger partial charge on any atom is -0.374 e. The van der Waals surface area contributed by atoms with Crippen LogP contribution in [-0.4, -0.2) is 16.3 Å². The van der Waals surface area contributed by atoms with Crippen molar-refractivity contribution in [1.82, 2.24) is 0 Å². The molecule has 0 heterocycles. The molecule has 2 aromatic carbocycles. The number of hydrogen-bond acceptors (Lipinski definition) is 3. The zero-order valence-electron chi connectivity index (χ0n) is 12.1. The first kappa shape index (κ1) is 15.6. The standard InChI is InChI=1S/C17H19NO2S/c1-12-8-10-15(11-9-12)21-13(2)17(20,16(18)19)14-6-4-3-5-7-14/h3-11,13,20H,1-2H3,(H2,18,19)/t13-,17+/m1/s1. The average molecular weight is 301 g/mol. The summed E-state index contributed by atoms with van der Waals surface area (Å²) in [4.78, 5) is 12.9. The van der Waals surface area contributed by atoms with Crippen LogP contribution in [0.25, 0.3) is 0 Å². The number of aliphatic hydroxyl groups is 1. The molecule has 0 saturated carbocycles. The van der Waals surface area contributed by atoms with E-state index in [1.165, 1.54) is 17.3 Å². The van der Waals surface area contributed by atoms with Gasteiger partial charge in [-0.1, -0.05) is 48.0 Å². The summed E-state index contributed by atoms with van der Waals surface area (Å²) < 4.78 is 0. The van der Waals surface area contributed by atoms with Crippen LogP contribution in [0.3, 0.4) is 0 Å². The number of amides is 1. The molecule has 1 amide bonds. The van der Waals surface area contributed by atoms with Gasteiger partial charge in [-0.05, 0) is 31.5 Å². The molecule has 0 radical (unpaired) electrons. The van der Waals surface area contributed by atoms with E-state index in [1.807, 2.05) is 44.2 Å². The molecule has 0 aliphatic heterocycles. The number of benzene rings is 2. The quantitative estimate of drug-likeness (QED) is 0.835. The van der Waals surface area contributed by atoms with Gasteiger partial charge in [0.05, 0.1) is 0 Å². The van der Waals surface area contributed by atoms with Gasteiger partial charge in [0.2, 0.25) is 0 Å². The smallest absolute Gasteiger partial charge is 0.255 e. The lowest BCUT2D eigenvalue weighted by Crippen LogP contribution is -2.48. The fourth-order valence-electron chi connectivity index (χ4n) is 2.18. The zero-order valence-corrected chi connectivity index (χ0v) is 12.9. The first-order valence-electron chi connectivity index (χ1n) is 6.75. The molecule has 0 saturated heterocycles. The molecule has 4 heteroatoms. The maximum Gasteiger partial charge on any atom is 0.255 e. The third kappa shape index (κ3) is 3.28. The Hall–Kier alpha value is -1.78. The summed E-state index contributed by atoms with van der Waals surface area (Å²) in [7, 11) is 0. The lowest BCUT2D eigenvalue weighted by atomic mass is 9.90. The molecule has 110 valence electrons. The van der Waals surface area contributed by atoms with E-state index in [4.69, 9.17) is 5.73 Å². The Morgan fingerprint density at radius 2 is 1.71 bits per heavy atom. The SMILES string of the molecule is Cc1ccc(S[C@H](C)[C@@](O)(C(N)=O)c2ccccc2)cc1. The Labute approximate surface area is 129 Å². The third-order valence-electron chi connectivity index (χ3n) is 3.51. The summed E-state index contributed by atoms with van der Waals surface area (Å²) in [6.45, 7) is 3.82. The monoisotopic (exact) mass is 301 g/mol. The molecule has 2 aromatic rings. The number of hydrogen-bond donors (Lipinski definition) is 2. The van der Waals surface area contributed by atoms with Crippen molar-refractivity contribution in [2.45, 2.75) is 29.6 Å². The molecular formula is C17H19NO2S. The van der Waals surface area contributed by atoms with Crippen molar-refractivity contribution in [3.8, 4) is 0 Å². The summed E-state index contributed by atoms with van der Waals surface area (Å²) >= 11 is 1.43. The summed E-state index contributed by atoms with van der Waals surface area (Å²) in [5, 5.41) is 10.4. The van der Waals surface area contributed by atoms with Crippen LogP contribution in [0.15, 0.2) is 59.5 Å². The van der Waals surface area contributed by atoms with Gasteiger partial charge in [0.1, 0.15) is 0 Å². The summed E-state index contributed by atoms with van der Waals surface area (Å²) in [6, 6.07) is 16.8. The van der Waals surface area contributed by atoms with E-state index in [2.05, 4.69) is 0 Å². The molecule has 0 fully saturated rings. The molecule has 3 nitrogen and oxygen atoms in total. The average Bonchev–Trinajstić information content (AvgIpc) is 2.49. The lowest BCUT2D eigenvalue weighted by Gasteiger charge is -2.31. The van der Waals surface area contributed by atoms with Crippen LogP contribution in [0.1, 0.15) is 18.1 Å². The van der Waals surface area contributed by atoms with Crippen LogP contribution in [-0.2, 0) is 10.4 Å². The van der Waals surface area contributed by atoms with Crippen molar-refractivity contribution in [3.63, 3.8) is 0 Å². The Morgan fingerprint density at radius 1 is 1.14 bits per heavy atom. The van der Waals surface area contributed by atoms with E-state index in [1.54, 1.807) is 24.3 Å². The first-order valence-corrected chi connectivity index (χ1v) is 7.63. The molecule has 0 aliphatic rings. The zero-order chi connectivity index (χ0) is 15.5. The van der Waals surface area contributed by atoms with Crippen LogP contribution < -0.4 is 5.73 Å². The van der Waals surface area contributed by atoms with E-state index in [0.29, 0.717) is 5.56 Å². The largest absolute Gasteiger partial charge is 0.374 e. The maximum absolute atomic E-state index is 11.9. The van der Waals surface area contributed by atoms with Crippen molar-refractivity contribution in [1.29, 1.82) is 0 Å². The lowest BCUT2D eigenvalue weighted by molar-refractivity contribution is -0.136. The van der Waals surface area contributed by atoms with Crippen molar-refractivity contribution in [2.24, 2.45) is 5.73 Å². The van der Waals surface area contributed by atoms with E-state index in [-0.39, 0.29) is 0 Å². The van der Waals surface area contributed by atoms with Gasteiger partial charge in [-0.2, -0.15) is 0 Å². The van der Waals surface area contributed by atoms with Crippen molar-refractivity contribution in [2.75, 3.05) is 0 Å². The van der Waals surface area contributed by atoms with Gasteiger partial charge in [0.15, 0.2) is 5.60 Å². The second-order valence-corrected chi connectivity index (χ2v) is 6.48. The number of nitrogens with two attached hydrogens (primary N) is 1. The Morgan fingerprint density at radius 3 is 2.24 bits per heavy atom. The van der Waals surface area contributed by atoms with Crippen LogP contribution >= 0.6 is 11.8 Å². The number of carbonyl (C=O) groups excluding carboxylic acids is 1. The summed E-state index contributed by atoms with van der Waals surface area (Å²) in [6.07, 6.45) is 0. The van der Waals surface area contributed by atoms with Crippen molar-refractivity contribution >= 4 is 17.7 Å². The van der Waals surface area contributed by atoms with Gasteiger partial charge < -0.3 is 10.8 Å². The van der Waals surface area contributed by atoms with Gasteiger partial charge in [-0.25, -0.2) is 0 Å². The highest BCUT2D eigenvalue weighted by molar-refractivity contribution is 8.00. The minimum absolute atomic E-state index is 0.403. The van der Waals surface area contributed by atoms with E-state index in [0.717, 1.165) is 4.90 Å². The van der Waals surface area contributed by atoms with Crippen molar-refractivity contribution < 1.29 is 9.90 Å². The van der Waals surface area contributed by atoms with Crippen LogP contribution in [0.4, 0.5) is 0 Å². The highest BCUT2D eigenvalue weighted by Crippen LogP contribution is 2.36. The Balaban J connectivity index is 2.30. The third-order valence-corrected chi connectivity index (χ3v) is 4.75. The van der Waals surface area contributed by atoms with E-state index < -0.39 is 16.8 Å². The second kappa shape index (κ2) is 6.33. The molecule has 2 atom stereocenters. The van der Waals surface area contributed by atoms with Crippen molar-refractivity contribution in [3.05, 3.63) is 65.7 Å². The molecule has 3 N–H and O–H groups in total. The Kier molecular flexibility index (Phi) is 4.70. The van der Waals surface area contributed by atoms with Crippen LogP contribution in [0.5, 0.6) is 0 Å². The number of rotatable bonds is 5. The molecule has 0 aliphatic carbocycles. The van der Waals surface area contributed by atoms with Gasteiger partial charge in [0, 0.05) is 10.1 Å². The fourth-order valence-corrected chi connectivity index (χ4v) is 3.30. The molecule has 0 spiro atoms. The molecule has 0 unspecified atom stereocenters. The summed E-state index contributed by atoms with van der Waals surface area (Å²) in [5.74, 6) is -0.735. The van der Waals surface area contributed by atoms with E-state index >= 15 is 0 Å². The summed E-state index contributed by atoms with van der Waals surface area (Å²) in [5.41, 5.74) is 5.47. The highest BCUT2D eigenvalue weighted by atomic mass is 32.2. The number of thioether (sulfide) groups is 1. The topological polar surface area (TPSA) is 63.3 Å². The highest BCUT2D eigenvalue weighted by Gasteiger charge is 2.42.